The molecule has 1 fully saturated rings. The van der Waals surface area contributed by atoms with Crippen molar-refractivity contribution in [2.45, 2.75) is 104 Å². The molecule has 0 aliphatic heterocycles. The largest absolute Gasteiger partial charge is 0.371 e. The van der Waals surface area contributed by atoms with Gasteiger partial charge < -0.3 is 10.1 Å². The number of nitrogens with one attached hydrogen (secondary N) is 1. The lowest BCUT2D eigenvalue weighted by atomic mass is 9.76. The van der Waals surface area contributed by atoms with Crippen LogP contribution in [0.1, 0.15) is 86.0 Å². The third kappa shape index (κ3) is 6.13. The van der Waals surface area contributed by atoms with E-state index in [4.69, 9.17) is 4.74 Å². The molecule has 0 amide bonds. The minimum atomic E-state index is 0.100. The second-order valence-electron chi connectivity index (χ2n) is 7.17. The second-order valence-corrected chi connectivity index (χ2v) is 7.17. The fraction of sp³-hybridized carbons (Fsp3) is 1.00. The fourth-order valence-corrected chi connectivity index (χ4v) is 3.52. The first-order valence-corrected chi connectivity index (χ1v) is 8.92. The van der Waals surface area contributed by atoms with Gasteiger partial charge in [0.25, 0.3) is 0 Å². The number of hydrogen-bond acceptors (Lipinski definition) is 2. The summed E-state index contributed by atoms with van der Waals surface area (Å²) in [5.74, 6) is 0.942. The van der Waals surface area contributed by atoms with Crippen LogP contribution in [0.2, 0.25) is 0 Å². The predicted octanol–water partition coefficient (Wildman–Crippen LogP) is 4.92. The van der Waals surface area contributed by atoms with Gasteiger partial charge in [0, 0.05) is 12.6 Å². The van der Waals surface area contributed by atoms with Crippen LogP contribution in [-0.4, -0.2) is 24.3 Å². The monoisotopic (exact) mass is 283 g/mol. The zero-order valence-electron chi connectivity index (χ0n) is 14.5. The van der Waals surface area contributed by atoms with Crippen LogP contribution in [-0.2, 0) is 4.74 Å². The molecule has 1 unspecified atom stereocenters. The maximum Gasteiger partial charge on any atom is 0.0810 e. The van der Waals surface area contributed by atoms with Gasteiger partial charge in [-0.1, -0.05) is 47.0 Å². The zero-order valence-corrected chi connectivity index (χ0v) is 14.5. The van der Waals surface area contributed by atoms with Crippen LogP contribution in [0.5, 0.6) is 0 Å². The molecule has 0 aromatic heterocycles. The van der Waals surface area contributed by atoms with E-state index >= 15 is 0 Å². The summed E-state index contributed by atoms with van der Waals surface area (Å²) in [6.07, 6.45) is 10.7. The smallest absolute Gasteiger partial charge is 0.0810 e. The summed E-state index contributed by atoms with van der Waals surface area (Å²) in [5, 5.41) is 3.63. The lowest BCUT2D eigenvalue weighted by Gasteiger charge is -2.42. The summed E-state index contributed by atoms with van der Waals surface area (Å²) < 4.78 is 6.53. The number of ether oxygens (including phenoxy) is 1. The third-order valence-corrected chi connectivity index (χ3v) is 4.69. The first kappa shape index (κ1) is 18.0. The molecule has 0 spiro atoms. The van der Waals surface area contributed by atoms with E-state index in [0.29, 0.717) is 12.1 Å². The van der Waals surface area contributed by atoms with Gasteiger partial charge in [-0.3, -0.25) is 0 Å². The molecular formula is C18H37NO. The second kappa shape index (κ2) is 9.04. The topological polar surface area (TPSA) is 21.3 Å². The van der Waals surface area contributed by atoms with Gasteiger partial charge in [-0.25, -0.2) is 0 Å². The highest BCUT2D eigenvalue weighted by atomic mass is 16.5. The van der Waals surface area contributed by atoms with E-state index in [1.165, 1.54) is 51.4 Å². The molecule has 0 saturated heterocycles. The first-order chi connectivity index (χ1) is 9.51. The molecule has 1 atom stereocenters. The fourth-order valence-electron chi connectivity index (χ4n) is 3.52. The highest BCUT2D eigenvalue weighted by Gasteiger charge is 2.37. The molecule has 0 aromatic rings. The van der Waals surface area contributed by atoms with Crippen LogP contribution in [0.25, 0.3) is 0 Å². The van der Waals surface area contributed by atoms with Gasteiger partial charge in [-0.2, -0.15) is 0 Å². The van der Waals surface area contributed by atoms with E-state index in [0.717, 1.165) is 12.5 Å². The lowest BCUT2D eigenvalue weighted by molar-refractivity contribution is -0.115. The van der Waals surface area contributed by atoms with Gasteiger partial charge in [0.1, 0.15) is 0 Å². The standard InChI is InChI=1S/C18H37NO/c1-6-8-16(5)20-18(14-19-15(3)4)12-10-17(9-7-2)11-13-18/h15-17,19H,6-14H2,1-5H3. The van der Waals surface area contributed by atoms with Crippen LogP contribution in [0.4, 0.5) is 0 Å². The molecule has 1 aliphatic carbocycles. The highest BCUT2D eigenvalue weighted by molar-refractivity contribution is 4.90. The Bertz CT molecular complexity index is 244. The molecule has 0 bridgehead atoms. The molecule has 1 saturated carbocycles. The molecule has 2 heteroatoms. The van der Waals surface area contributed by atoms with E-state index in [2.05, 4.69) is 39.9 Å². The van der Waals surface area contributed by atoms with Gasteiger partial charge in [0.05, 0.1) is 11.7 Å². The Kier molecular flexibility index (Phi) is 8.13. The molecule has 0 radical (unpaired) electrons. The molecule has 20 heavy (non-hydrogen) atoms. The average molecular weight is 284 g/mol. The molecule has 2 nitrogen and oxygen atoms in total. The molecule has 1 N–H and O–H groups in total. The van der Waals surface area contributed by atoms with Gasteiger partial charge in [0.15, 0.2) is 0 Å². The Balaban J connectivity index is 2.56. The number of hydrogen-bond donors (Lipinski definition) is 1. The average Bonchev–Trinajstić information content (AvgIpc) is 2.40. The molecule has 120 valence electrons. The SMILES string of the molecule is CCCC1CCC(CNC(C)C)(OC(C)CCC)CC1. The Labute approximate surface area is 127 Å². The summed E-state index contributed by atoms with van der Waals surface area (Å²) in [5.41, 5.74) is 0.100. The van der Waals surface area contributed by atoms with Gasteiger partial charge in [-0.05, 0) is 44.9 Å². The van der Waals surface area contributed by atoms with Crippen molar-refractivity contribution in [1.29, 1.82) is 0 Å². The summed E-state index contributed by atoms with van der Waals surface area (Å²) in [6.45, 7) is 12.3. The molecule has 1 rings (SSSR count). The van der Waals surface area contributed by atoms with Crippen molar-refractivity contribution in [2.75, 3.05) is 6.54 Å². The van der Waals surface area contributed by atoms with Gasteiger partial charge in [-0.15, -0.1) is 0 Å². The predicted molar refractivity (Wildman–Crippen MR) is 88.2 cm³/mol. The molecule has 0 heterocycles. The van der Waals surface area contributed by atoms with Crippen LogP contribution in [0.3, 0.4) is 0 Å². The van der Waals surface area contributed by atoms with Crippen LogP contribution < -0.4 is 5.32 Å². The zero-order chi connectivity index (χ0) is 15.0. The summed E-state index contributed by atoms with van der Waals surface area (Å²) in [4.78, 5) is 0. The lowest BCUT2D eigenvalue weighted by Crippen LogP contribution is -2.49. The Morgan fingerprint density at radius 3 is 2.25 bits per heavy atom. The van der Waals surface area contributed by atoms with Crippen molar-refractivity contribution in [3.05, 3.63) is 0 Å². The summed E-state index contributed by atoms with van der Waals surface area (Å²) in [6, 6.07) is 0.547. The van der Waals surface area contributed by atoms with Crippen molar-refractivity contribution in [3.63, 3.8) is 0 Å². The number of rotatable bonds is 9. The van der Waals surface area contributed by atoms with Crippen molar-refractivity contribution >= 4 is 0 Å². The van der Waals surface area contributed by atoms with Crippen LogP contribution >= 0.6 is 0 Å². The van der Waals surface area contributed by atoms with E-state index in [1.54, 1.807) is 0 Å². The first-order valence-electron chi connectivity index (χ1n) is 8.92. The van der Waals surface area contributed by atoms with Crippen molar-refractivity contribution < 1.29 is 4.74 Å². The highest BCUT2D eigenvalue weighted by Crippen LogP contribution is 2.37. The van der Waals surface area contributed by atoms with E-state index in [9.17, 15) is 0 Å². The molecule has 1 aliphatic rings. The van der Waals surface area contributed by atoms with Crippen LogP contribution in [0, 0.1) is 5.92 Å². The van der Waals surface area contributed by atoms with E-state index < -0.39 is 0 Å². The minimum Gasteiger partial charge on any atom is -0.371 e. The quantitative estimate of drug-likeness (QED) is 0.648. The Morgan fingerprint density at radius 2 is 1.75 bits per heavy atom. The normalized spacial score (nSPS) is 28.8. The van der Waals surface area contributed by atoms with Crippen molar-refractivity contribution in [3.8, 4) is 0 Å². The van der Waals surface area contributed by atoms with Gasteiger partial charge >= 0.3 is 0 Å². The Hall–Kier alpha value is -0.0800. The van der Waals surface area contributed by atoms with Crippen molar-refractivity contribution in [1.82, 2.24) is 5.32 Å². The maximum atomic E-state index is 6.53. The third-order valence-electron chi connectivity index (χ3n) is 4.69. The molecule has 0 aromatic carbocycles. The van der Waals surface area contributed by atoms with Crippen molar-refractivity contribution in [2.24, 2.45) is 5.92 Å². The van der Waals surface area contributed by atoms with E-state index in [-0.39, 0.29) is 5.60 Å². The summed E-state index contributed by atoms with van der Waals surface area (Å²) >= 11 is 0. The van der Waals surface area contributed by atoms with E-state index in [1.807, 2.05) is 0 Å². The molecular weight excluding hydrogens is 246 g/mol. The maximum absolute atomic E-state index is 6.53. The Morgan fingerprint density at radius 1 is 1.10 bits per heavy atom. The van der Waals surface area contributed by atoms with Crippen LogP contribution in [0.15, 0.2) is 0 Å². The van der Waals surface area contributed by atoms with Gasteiger partial charge in [0.2, 0.25) is 0 Å². The minimum absolute atomic E-state index is 0.100. The summed E-state index contributed by atoms with van der Waals surface area (Å²) in [7, 11) is 0.